The fourth-order valence-corrected chi connectivity index (χ4v) is 4.82. The number of halogens is 2. The van der Waals surface area contributed by atoms with Crippen molar-refractivity contribution in [2.45, 2.75) is 75.7 Å². The van der Waals surface area contributed by atoms with Gasteiger partial charge in [0, 0.05) is 18.2 Å². The molecular weight excluding hydrogens is 430 g/mol. The van der Waals surface area contributed by atoms with E-state index in [4.69, 9.17) is 4.98 Å². The van der Waals surface area contributed by atoms with Gasteiger partial charge in [-0.2, -0.15) is 4.98 Å². The van der Waals surface area contributed by atoms with Crippen molar-refractivity contribution >= 4 is 28.7 Å². The minimum Gasteiger partial charge on any atom is -0.393 e. The van der Waals surface area contributed by atoms with Crippen LogP contribution in [0.2, 0.25) is 0 Å². The number of fused-ring (bicyclic) bond motifs is 1. The summed E-state index contributed by atoms with van der Waals surface area (Å²) >= 11 is 0. The minimum atomic E-state index is -0.708. The summed E-state index contributed by atoms with van der Waals surface area (Å²) in [7, 11) is 0. The lowest BCUT2D eigenvalue weighted by molar-refractivity contribution is 0.112. The van der Waals surface area contributed by atoms with Gasteiger partial charge in [0.05, 0.1) is 24.1 Å². The number of imidazole rings is 1. The van der Waals surface area contributed by atoms with E-state index in [0.29, 0.717) is 35.9 Å². The molecular formula is C23H28F2N6O2. The molecule has 0 spiro atoms. The van der Waals surface area contributed by atoms with Gasteiger partial charge in [-0.3, -0.25) is 4.57 Å². The Bertz CT molecular complexity index is 1120. The van der Waals surface area contributed by atoms with Gasteiger partial charge in [0.2, 0.25) is 11.9 Å². The summed E-state index contributed by atoms with van der Waals surface area (Å²) in [6.07, 6.45) is 7.07. The summed E-state index contributed by atoms with van der Waals surface area (Å²) in [6.45, 7) is 0. The molecule has 2 aliphatic carbocycles. The molecule has 2 saturated carbocycles. The maximum atomic E-state index is 14.3. The summed E-state index contributed by atoms with van der Waals surface area (Å²) in [4.78, 5) is 13.8. The largest absolute Gasteiger partial charge is 0.393 e. The SMILES string of the molecule is OC1CCC(Nc2ncc3nc(Nc4ccc(F)cc4F)n(C4CCC(O)CC4)c3n2)CC1. The van der Waals surface area contributed by atoms with Crippen LogP contribution >= 0.6 is 0 Å². The lowest BCUT2D eigenvalue weighted by Gasteiger charge is -2.28. The van der Waals surface area contributed by atoms with Crippen LogP contribution in [0.4, 0.5) is 26.4 Å². The first-order chi connectivity index (χ1) is 16.0. The van der Waals surface area contributed by atoms with Crippen LogP contribution in [0, 0.1) is 11.6 Å². The number of nitrogens with one attached hydrogen (secondary N) is 2. The Morgan fingerprint density at radius 1 is 0.909 bits per heavy atom. The van der Waals surface area contributed by atoms with Crippen LogP contribution in [-0.2, 0) is 0 Å². The average molecular weight is 459 g/mol. The summed E-state index contributed by atoms with van der Waals surface area (Å²) < 4.78 is 29.7. The Morgan fingerprint density at radius 2 is 1.61 bits per heavy atom. The molecule has 3 aromatic rings. The van der Waals surface area contributed by atoms with Crippen LogP contribution in [0.3, 0.4) is 0 Å². The first-order valence-corrected chi connectivity index (χ1v) is 11.6. The molecule has 2 aromatic heterocycles. The van der Waals surface area contributed by atoms with Crippen molar-refractivity contribution in [3.8, 4) is 0 Å². The van der Waals surface area contributed by atoms with Crippen molar-refractivity contribution < 1.29 is 19.0 Å². The second-order valence-corrected chi connectivity index (χ2v) is 9.07. The number of hydrogen-bond donors (Lipinski definition) is 4. The van der Waals surface area contributed by atoms with Gasteiger partial charge in [0.15, 0.2) is 5.65 Å². The number of anilines is 3. The summed E-state index contributed by atoms with van der Waals surface area (Å²) in [6, 6.07) is 3.58. The number of hydrogen-bond acceptors (Lipinski definition) is 7. The third kappa shape index (κ3) is 4.77. The van der Waals surface area contributed by atoms with Crippen LogP contribution in [0.1, 0.15) is 57.4 Å². The van der Waals surface area contributed by atoms with Gasteiger partial charge in [-0.15, -0.1) is 0 Å². The molecule has 2 aliphatic rings. The standard InChI is InChI=1S/C23H28F2N6O2/c24-13-1-10-19(18(25)11-13)28-23-29-20-12-26-22(27-14-2-6-16(32)7-3-14)30-21(20)31(23)15-4-8-17(33)9-5-15/h1,10-12,14-17,32-33H,2-9H2,(H,28,29)(H,26,27,30). The number of benzene rings is 1. The summed E-state index contributed by atoms with van der Waals surface area (Å²) in [5.74, 6) is -0.463. The maximum Gasteiger partial charge on any atom is 0.224 e. The molecule has 0 bridgehead atoms. The van der Waals surface area contributed by atoms with Crippen molar-refractivity contribution in [2.24, 2.45) is 0 Å². The van der Waals surface area contributed by atoms with E-state index in [1.54, 1.807) is 6.20 Å². The van der Waals surface area contributed by atoms with Crippen LogP contribution in [0.5, 0.6) is 0 Å². The zero-order valence-electron chi connectivity index (χ0n) is 18.2. The van der Waals surface area contributed by atoms with E-state index in [1.165, 1.54) is 12.1 Å². The minimum absolute atomic E-state index is 0.0250. The van der Waals surface area contributed by atoms with Crippen LogP contribution in [0.15, 0.2) is 24.4 Å². The van der Waals surface area contributed by atoms with Crippen LogP contribution < -0.4 is 10.6 Å². The summed E-state index contributed by atoms with van der Waals surface area (Å²) in [5.41, 5.74) is 1.31. The first kappa shape index (κ1) is 22.0. The quantitative estimate of drug-likeness (QED) is 0.457. The van der Waals surface area contributed by atoms with Crippen molar-refractivity contribution in [1.29, 1.82) is 0 Å². The van der Waals surface area contributed by atoms with E-state index in [0.717, 1.165) is 44.6 Å². The van der Waals surface area contributed by atoms with Gasteiger partial charge >= 0.3 is 0 Å². The zero-order valence-corrected chi connectivity index (χ0v) is 18.2. The van der Waals surface area contributed by atoms with E-state index >= 15 is 0 Å². The third-order valence-corrected chi connectivity index (χ3v) is 6.67. The first-order valence-electron chi connectivity index (χ1n) is 11.6. The Balaban J connectivity index is 1.49. The number of aliphatic hydroxyl groups excluding tert-OH is 2. The molecule has 0 saturated heterocycles. The Labute approximate surface area is 190 Å². The van der Waals surface area contributed by atoms with Gasteiger partial charge in [0.25, 0.3) is 0 Å². The van der Waals surface area contributed by atoms with Crippen LogP contribution in [0.25, 0.3) is 11.2 Å². The molecule has 0 unspecified atom stereocenters. The van der Waals surface area contributed by atoms with E-state index < -0.39 is 11.6 Å². The molecule has 33 heavy (non-hydrogen) atoms. The third-order valence-electron chi connectivity index (χ3n) is 6.67. The number of aromatic nitrogens is 4. The molecule has 1 aromatic carbocycles. The highest BCUT2D eigenvalue weighted by molar-refractivity contribution is 5.76. The molecule has 2 heterocycles. The average Bonchev–Trinajstić information content (AvgIpc) is 3.15. The fourth-order valence-electron chi connectivity index (χ4n) is 4.82. The maximum absolute atomic E-state index is 14.3. The van der Waals surface area contributed by atoms with Crippen molar-refractivity contribution in [1.82, 2.24) is 19.5 Å². The fraction of sp³-hybridized carbons (Fsp3) is 0.522. The second-order valence-electron chi connectivity index (χ2n) is 9.07. The van der Waals surface area contributed by atoms with Crippen molar-refractivity contribution in [3.63, 3.8) is 0 Å². The van der Waals surface area contributed by atoms with E-state index in [2.05, 4.69) is 20.6 Å². The molecule has 2 fully saturated rings. The molecule has 10 heteroatoms. The van der Waals surface area contributed by atoms with E-state index in [9.17, 15) is 19.0 Å². The topological polar surface area (TPSA) is 108 Å². The highest BCUT2D eigenvalue weighted by Crippen LogP contribution is 2.35. The Morgan fingerprint density at radius 3 is 2.30 bits per heavy atom. The molecule has 0 radical (unpaired) electrons. The molecule has 0 atom stereocenters. The molecule has 0 amide bonds. The molecule has 0 aliphatic heterocycles. The molecule has 5 rings (SSSR count). The van der Waals surface area contributed by atoms with E-state index in [-0.39, 0.29) is 30.0 Å². The van der Waals surface area contributed by atoms with Gasteiger partial charge in [-0.25, -0.2) is 18.7 Å². The number of rotatable bonds is 5. The zero-order chi connectivity index (χ0) is 22.9. The second kappa shape index (κ2) is 9.18. The van der Waals surface area contributed by atoms with Gasteiger partial charge in [-0.05, 0) is 63.5 Å². The number of nitrogens with zero attached hydrogens (tertiary/aromatic N) is 4. The molecule has 4 N–H and O–H groups in total. The van der Waals surface area contributed by atoms with Crippen LogP contribution in [-0.4, -0.2) is 48.0 Å². The Kier molecular flexibility index (Phi) is 6.11. The Hall–Kier alpha value is -2.85. The lowest BCUT2D eigenvalue weighted by atomic mass is 9.93. The van der Waals surface area contributed by atoms with Gasteiger partial charge in [0.1, 0.15) is 17.2 Å². The highest BCUT2D eigenvalue weighted by Gasteiger charge is 2.27. The molecule has 8 nitrogen and oxygen atoms in total. The van der Waals surface area contributed by atoms with Gasteiger partial charge in [-0.1, -0.05) is 0 Å². The number of aliphatic hydroxyl groups is 2. The van der Waals surface area contributed by atoms with Crippen molar-refractivity contribution in [3.05, 3.63) is 36.0 Å². The monoisotopic (exact) mass is 458 g/mol. The predicted molar refractivity (Wildman–Crippen MR) is 120 cm³/mol. The smallest absolute Gasteiger partial charge is 0.224 e. The lowest BCUT2D eigenvalue weighted by Crippen LogP contribution is -2.29. The predicted octanol–water partition coefficient (Wildman–Crippen LogP) is 4.04. The van der Waals surface area contributed by atoms with Crippen molar-refractivity contribution in [2.75, 3.05) is 10.6 Å². The van der Waals surface area contributed by atoms with Gasteiger partial charge < -0.3 is 20.8 Å². The highest BCUT2D eigenvalue weighted by atomic mass is 19.1. The molecule has 176 valence electrons. The summed E-state index contributed by atoms with van der Waals surface area (Å²) in [5, 5.41) is 26.1. The van der Waals surface area contributed by atoms with E-state index in [1.807, 2.05) is 4.57 Å². The normalized spacial score (nSPS) is 25.8.